The molecule has 0 radical (unpaired) electrons. The molecular formula is C11H7N3O3. The van der Waals surface area contributed by atoms with Crippen LogP contribution in [0.5, 0.6) is 0 Å². The van der Waals surface area contributed by atoms with Crippen LogP contribution in [0.2, 0.25) is 0 Å². The maximum absolute atomic E-state index is 11.8. The van der Waals surface area contributed by atoms with Gasteiger partial charge in [-0.1, -0.05) is 23.4 Å². The molecular weight excluding hydrogens is 222 g/mol. The normalized spacial score (nSPS) is 10.8. The van der Waals surface area contributed by atoms with E-state index in [1.165, 1.54) is 10.8 Å². The lowest BCUT2D eigenvalue weighted by Gasteiger charge is -2.03. The first-order valence-corrected chi connectivity index (χ1v) is 4.92. The van der Waals surface area contributed by atoms with Crippen molar-refractivity contribution in [2.45, 2.75) is 0 Å². The minimum absolute atomic E-state index is 0.213. The van der Waals surface area contributed by atoms with E-state index >= 15 is 0 Å². The SMILES string of the molecule is O=c1[nH]c(=O)n(-c2ccccc2)c2nocc12. The minimum atomic E-state index is -0.539. The van der Waals surface area contributed by atoms with Crippen molar-refractivity contribution >= 4 is 11.0 Å². The summed E-state index contributed by atoms with van der Waals surface area (Å²) in [6.07, 6.45) is 1.22. The van der Waals surface area contributed by atoms with Crippen LogP contribution in [-0.2, 0) is 0 Å². The lowest BCUT2D eigenvalue weighted by molar-refractivity contribution is 0.425. The number of hydrogen-bond donors (Lipinski definition) is 1. The Bertz CT molecular complexity index is 783. The van der Waals surface area contributed by atoms with Crippen LogP contribution in [0.25, 0.3) is 16.7 Å². The van der Waals surface area contributed by atoms with E-state index in [1.807, 2.05) is 6.07 Å². The summed E-state index contributed by atoms with van der Waals surface area (Å²) in [6.45, 7) is 0. The summed E-state index contributed by atoms with van der Waals surface area (Å²) < 4.78 is 6.03. The Balaban J connectivity index is 2.49. The summed E-state index contributed by atoms with van der Waals surface area (Å²) in [4.78, 5) is 25.5. The van der Waals surface area contributed by atoms with Crippen molar-refractivity contribution in [3.05, 3.63) is 57.4 Å². The largest absolute Gasteiger partial charge is 0.362 e. The van der Waals surface area contributed by atoms with Gasteiger partial charge in [0.25, 0.3) is 5.56 Å². The summed E-state index contributed by atoms with van der Waals surface area (Å²) >= 11 is 0. The number of H-pyrrole nitrogens is 1. The van der Waals surface area contributed by atoms with Crippen molar-refractivity contribution < 1.29 is 4.52 Å². The molecule has 0 aliphatic carbocycles. The average molecular weight is 229 g/mol. The fraction of sp³-hybridized carbons (Fsp3) is 0. The Hall–Kier alpha value is -2.63. The van der Waals surface area contributed by atoms with Gasteiger partial charge in [0.1, 0.15) is 11.6 Å². The standard InChI is InChI=1S/C11H7N3O3/c15-10-8-6-17-13-9(8)14(11(16)12-10)7-4-2-1-3-5-7/h1-6H,(H,12,15,16). The van der Waals surface area contributed by atoms with E-state index < -0.39 is 11.2 Å². The molecule has 6 nitrogen and oxygen atoms in total. The van der Waals surface area contributed by atoms with E-state index in [9.17, 15) is 9.59 Å². The van der Waals surface area contributed by atoms with Crippen LogP contribution in [0.3, 0.4) is 0 Å². The molecule has 84 valence electrons. The van der Waals surface area contributed by atoms with Gasteiger partial charge in [-0.05, 0) is 12.1 Å². The Labute approximate surface area is 94.1 Å². The van der Waals surface area contributed by atoms with Gasteiger partial charge in [0, 0.05) is 0 Å². The van der Waals surface area contributed by atoms with E-state index in [2.05, 4.69) is 10.1 Å². The number of aromatic nitrogens is 3. The third-order valence-electron chi connectivity index (χ3n) is 2.45. The average Bonchev–Trinajstić information content (AvgIpc) is 2.79. The fourth-order valence-corrected chi connectivity index (χ4v) is 1.68. The highest BCUT2D eigenvalue weighted by Crippen LogP contribution is 2.10. The van der Waals surface area contributed by atoms with Gasteiger partial charge in [-0.2, -0.15) is 0 Å². The van der Waals surface area contributed by atoms with Crippen molar-refractivity contribution in [2.24, 2.45) is 0 Å². The van der Waals surface area contributed by atoms with E-state index in [4.69, 9.17) is 4.52 Å². The van der Waals surface area contributed by atoms with Gasteiger partial charge >= 0.3 is 5.69 Å². The third-order valence-corrected chi connectivity index (χ3v) is 2.45. The molecule has 3 rings (SSSR count). The van der Waals surface area contributed by atoms with Crippen LogP contribution in [0, 0.1) is 0 Å². The van der Waals surface area contributed by atoms with E-state index in [0.29, 0.717) is 5.69 Å². The zero-order valence-corrected chi connectivity index (χ0v) is 8.58. The molecule has 1 N–H and O–H groups in total. The smallest absolute Gasteiger partial charge is 0.334 e. The van der Waals surface area contributed by atoms with Gasteiger partial charge in [0.05, 0.1) is 5.69 Å². The number of para-hydroxylation sites is 1. The first-order chi connectivity index (χ1) is 8.27. The van der Waals surface area contributed by atoms with Crippen molar-refractivity contribution in [1.82, 2.24) is 14.7 Å². The second-order valence-corrected chi connectivity index (χ2v) is 3.48. The van der Waals surface area contributed by atoms with Gasteiger partial charge in [-0.25, -0.2) is 9.36 Å². The number of fused-ring (bicyclic) bond motifs is 1. The number of nitrogens with one attached hydrogen (secondary N) is 1. The maximum Gasteiger partial charge on any atom is 0.334 e. The zero-order chi connectivity index (χ0) is 11.8. The summed E-state index contributed by atoms with van der Waals surface area (Å²) in [5.41, 5.74) is -0.210. The summed E-state index contributed by atoms with van der Waals surface area (Å²) in [6, 6.07) is 8.90. The third kappa shape index (κ3) is 1.38. The molecule has 0 saturated carbocycles. The van der Waals surface area contributed by atoms with Crippen LogP contribution >= 0.6 is 0 Å². The van der Waals surface area contributed by atoms with Crippen LogP contribution in [0.1, 0.15) is 0 Å². The highest BCUT2D eigenvalue weighted by Gasteiger charge is 2.11. The molecule has 0 amide bonds. The molecule has 0 spiro atoms. The summed E-state index contributed by atoms with van der Waals surface area (Å²) in [7, 11) is 0. The highest BCUT2D eigenvalue weighted by atomic mass is 16.5. The van der Waals surface area contributed by atoms with Crippen LogP contribution < -0.4 is 11.2 Å². The van der Waals surface area contributed by atoms with Gasteiger partial charge in [0.2, 0.25) is 0 Å². The van der Waals surface area contributed by atoms with Crippen LogP contribution in [-0.4, -0.2) is 14.7 Å². The Kier molecular flexibility index (Phi) is 1.94. The number of rotatable bonds is 1. The molecule has 2 heterocycles. The molecule has 0 fully saturated rings. The summed E-state index contributed by atoms with van der Waals surface area (Å²) in [5.74, 6) is 0. The molecule has 3 aromatic rings. The monoisotopic (exact) mass is 229 g/mol. The molecule has 1 aromatic carbocycles. The molecule has 6 heteroatoms. The minimum Gasteiger partial charge on any atom is -0.362 e. The highest BCUT2D eigenvalue weighted by molar-refractivity contribution is 5.73. The van der Waals surface area contributed by atoms with Crippen molar-refractivity contribution in [3.63, 3.8) is 0 Å². The zero-order valence-electron chi connectivity index (χ0n) is 8.58. The Morgan fingerprint density at radius 2 is 1.94 bits per heavy atom. The van der Waals surface area contributed by atoms with Gasteiger partial charge in [-0.15, -0.1) is 0 Å². The van der Waals surface area contributed by atoms with E-state index in [0.717, 1.165) is 0 Å². The first-order valence-electron chi connectivity index (χ1n) is 4.92. The number of nitrogens with zero attached hydrogens (tertiary/aromatic N) is 2. The molecule has 0 unspecified atom stereocenters. The predicted octanol–water partition coefficient (Wildman–Crippen LogP) is 0.667. The fourth-order valence-electron chi connectivity index (χ4n) is 1.68. The number of benzene rings is 1. The number of aromatic amines is 1. The lowest BCUT2D eigenvalue weighted by Crippen LogP contribution is -2.28. The first kappa shape index (κ1) is 9.59. The topological polar surface area (TPSA) is 80.9 Å². The van der Waals surface area contributed by atoms with Crippen LogP contribution in [0.4, 0.5) is 0 Å². The molecule has 0 aliphatic heterocycles. The second kappa shape index (κ2) is 3.44. The quantitative estimate of drug-likeness (QED) is 0.664. The summed E-state index contributed by atoms with van der Waals surface area (Å²) in [5, 5.41) is 3.93. The van der Waals surface area contributed by atoms with Gasteiger partial charge < -0.3 is 4.52 Å². The van der Waals surface area contributed by atoms with Crippen molar-refractivity contribution in [3.8, 4) is 5.69 Å². The maximum atomic E-state index is 11.8. The predicted molar refractivity (Wildman–Crippen MR) is 60.2 cm³/mol. The molecule has 17 heavy (non-hydrogen) atoms. The molecule has 0 bridgehead atoms. The molecule has 0 atom stereocenters. The van der Waals surface area contributed by atoms with Gasteiger partial charge in [-0.3, -0.25) is 9.78 Å². The van der Waals surface area contributed by atoms with Gasteiger partial charge in [0.15, 0.2) is 5.65 Å². The van der Waals surface area contributed by atoms with E-state index in [1.54, 1.807) is 24.3 Å². The Morgan fingerprint density at radius 3 is 2.71 bits per heavy atom. The number of hydrogen-bond acceptors (Lipinski definition) is 4. The van der Waals surface area contributed by atoms with Crippen molar-refractivity contribution in [1.29, 1.82) is 0 Å². The second-order valence-electron chi connectivity index (χ2n) is 3.48. The molecule has 2 aromatic heterocycles. The van der Waals surface area contributed by atoms with E-state index in [-0.39, 0.29) is 11.0 Å². The lowest BCUT2D eigenvalue weighted by atomic mass is 10.3. The Morgan fingerprint density at radius 1 is 1.18 bits per heavy atom. The molecule has 0 aliphatic rings. The van der Waals surface area contributed by atoms with Crippen LogP contribution in [0.15, 0.2) is 50.7 Å². The van der Waals surface area contributed by atoms with Crippen molar-refractivity contribution in [2.75, 3.05) is 0 Å². The molecule has 0 saturated heterocycles.